The van der Waals surface area contributed by atoms with E-state index in [0.29, 0.717) is 11.3 Å². The highest BCUT2D eigenvalue weighted by Crippen LogP contribution is 2.28. The molecular weight excluding hydrogens is 365 g/mol. The number of nitrogens with zero attached hydrogens (tertiary/aromatic N) is 2. The van der Waals surface area contributed by atoms with Gasteiger partial charge in [0, 0.05) is 6.04 Å². The van der Waals surface area contributed by atoms with Crippen LogP contribution in [0.25, 0.3) is 5.69 Å². The number of rotatable bonds is 6. The average molecular weight is 394 g/mol. The van der Waals surface area contributed by atoms with E-state index in [-0.39, 0.29) is 23.2 Å². The van der Waals surface area contributed by atoms with E-state index in [4.69, 9.17) is 0 Å². The molecule has 3 aromatic rings. The highest BCUT2D eigenvalue weighted by molar-refractivity contribution is 5.96. The number of carbonyl (C=O) groups excluding carboxylic acids is 1. The Morgan fingerprint density at radius 2 is 1.72 bits per heavy atom. The predicted octanol–water partition coefficient (Wildman–Crippen LogP) is 5.11. The SMILES string of the molecule is Cc1nn(-c2ccc(F)cc2)c(C)c1C(=O)N[C@@H](C)CC(C)(C)c1ccccc1. The number of hydrogen-bond donors (Lipinski definition) is 1. The van der Waals surface area contributed by atoms with Crippen LogP contribution in [0.1, 0.15) is 54.5 Å². The average Bonchev–Trinajstić information content (AvgIpc) is 2.97. The van der Waals surface area contributed by atoms with Gasteiger partial charge in [-0.15, -0.1) is 0 Å². The molecule has 0 bridgehead atoms. The normalized spacial score (nSPS) is 12.6. The van der Waals surface area contributed by atoms with E-state index in [0.717, 1.165) is 17.8 Å². The number of halogens is 1. The van der Waals surface area contributed by atoms with E-state index in [1.165, 1.54) is 17.7 Å². The van der Waals surface area contributed by atoms with Crippen LogP contribution in [0.4, 0.5) is 4.39 Å². The van der Waals surface area contributed by atoms with Crippen molar-refractivity contribution >= 4 is 5.91 Å². The molecule has 1 amide bonds. The first-order chi connectivity index (χ1) is 13.7. The Morgan fingerprint density at radius 3 is 2.34 bits per heavy atom. The van der Waals surface area contributed by atoms with E-state index < -0.39 is 0 Å². The van der Waals surface area contributed by atoms with E-state index in [1.54, 1.807) is 16.8 Å². The second-order valence-corrected chi connectivity index (χ2v) is 8.26. The van der Waals surface area contributed by atoms with Crippen molar-refractivity contribution in [3.63, 3.8) is 0 Å². The van der Waals surface area contributed by atoms with Gasteiger partial charge in [-0.2, -0.15) is 5.10 Å². The van der Waals surface area contributed by atoms with Crippen molar-refractivity contribution in [1.29, 1.82) is 0 Å². The second kappa shape index (κ2) is 8.19. The summed E-state index contributed by atoms with van der Waals surface area (Å²) in [4.78, 5) is 13.0. The molecule has 0 radical (unpaired) electrons. The Bertz CT molecular complexity index is 991. The van der Waals surface area contributed by atoms with Gasteiger partial charge in [0.05, 0.1) is 22.6 Å². The largest absolute Gasteiger partial charge is 0.349 e. The van der Waals surface area contributed by atoms with Gasteiger partial charge in [-0.25, -0.2) is 9.07 Å². The van der Waals surface area contributed by atoms with Gasteiger partial charge in [0.25, 0.3) is 5.91 Å². The molecule has 1 aromatic heterocycles. The lowest BCUT2D eigenvalue weighted by atomic mass is 9.79. The highest BCUT2D eigenvalue weighted by atomic mass is 19.1. The number of hydrogen-bond acceptors (Lipinski definition) is 2. The van der Waals surface area contributed by atoms with Crippen molar-refractivity contribution in [3.05, 3.63) is 82.9 Å². The summed E-state index contributed by atoms with van der Waals surface area (Å²) < 4.78 is 14.9. The molecule has 29 heavy (non-hydrogen) atoms. The minimum absolute atomic E-state index is 0.00863. The molecule has 0 unspecified atom stereocenters. The van der Waals surface area contributed by atoms with Gasteiger partial charge in [0.15, 0.2) is 0 Å². The van der Waals surface area contributed by atoms with Gasteiger partial charge >= 0.3 is 0 Å². The van der Waals surface area contributed by atoms with Gasteiger partial charge in [0.1, 0.15) is 5.82 Å². The van der Waals surface area contributed by atoms with Gasteiger partial charge in [-0.3, -0.25) is 4.79 Å². The first-order valence-corrected chi connectivity index (χ1v) is 9.87. The van der Waals surface area contributed by atoms with Gasteiger partial charge in [0.2, 0.25) is 0 Å². The zero-order chi connectivity index (χ0) is 21.2. The second-order valence-electron chi connectivity index (χ2n) is 8.26. The summed E-state index contributed by atoms with van der Waals surface area (Å²) in [7, 11) is 0. The molecule has 0 aliphatic rings. The molecule has 1 atom stereocenters. The number of aromatic nitrogens is 2. The Balaban J connectivity index is 1.76. The summed E-state index contributed by atoms with van der Waals surface area (Å²) >= 11 is 0. The Kier molecular flexibility index (Phi) is 5.87. The van der Waals surface area contributed by atoms with Crippen LogP contribution in [-0.2, 0) is 5.41 Å². The topological polar surface area (TPSA) is 46.9 Å². The van der Waals surface area contributed by atoms with Crippen LogP contribution in [0.3, 0.4) is 0 Å². The molecule has 1 N–H and O–H groups in total. The van der Waals surface area contributed by atoms with Crippen molar-refractivity contribution < 1.29 is 9.18 Å². The Hall–Kier alpha value is -2.95. The molecule has 0 spiro atoms. The zero-order valence-electron chi connectivity index (χ0n) is 17.7. The molecule has 4 nitrogen and oxygen atoms in total. The van der Waals surface area contributed by atoms with E-state index >= 15 is 0 Å². The minimum atomic E-state index is -0.303. The molecule has 0 saturated heterocycles. The van der Waals surface area contributed by atoms with E-state index in [2.05, 4.69) is 36.4 Å². The Morgan fingerprint density at radius 1 is 1.10 bits per heavy atom. The molecule has 0 saturated carbocycles. The molecule has 5 heteroatoms. The monoisotopic (exact) mass is 393 g/mol. The van der Waals surface area contributed by atoms with Crippen molar-refractivity contribution in [2.24, 2.45) is 0 Å². The van der Waals surface area contributed by atoms with Crippen molar-refractivity contribution in [3.8, 4) is 5.69 Å². The van der Waals surface area contributed by atoms with Crippen LogP contribution in [0.15, 0.2) is 54.6 Å². The van der Waals surface area contributed by atoms with Gasteiger partial charge < -0.3 is 5.32 Å². The molecule has 0 aliphatic heterocycles. The standard InChI is InChI=1S/C24H28FN3O/c1-16(15-24(4,5)19-9-7-6-8-10-19)26-23(29)22-17(2)27-28(18(22)3)21-13-11-20(25)12-14-21/h6-14,16H,15H2,1-5H3,(H,26,29)/t16-/m0/s1. The number of carbonyl (C=O) groups is 1. The zero-order valence-corrected chi connectivity index (χ0v) is 17.7. The first kappa shape index (κ1) is 20.8. The fourth-order valence-electron chi connectivity index (χ4n) is 3.92. The maximum atomic E-state index is 13.2. The van der Waals surface area contributed by atoms with Crippen LogP contribution >= 0.6 is 0 Å². The summed E-state index contributed by atoms with van der Waals surface area (Å²) in [5.74, 6) is -0.437. The molecule has 0 aliphatic carbocycles. The van der Waals surface area contributed by atoms with Crippen LogP contribution in [0.2, 0.25) is 0 Å². The minimum Gasteiger partial charge on any atom is -0.349 e. The van der Waals surface area contributed by atoms with Gasteiger partial charge in [-0.1, -0.05) is 44.2 Å². The summed E-state index contributed by atoms with van der Waals surface area (Å²) in [5.41, 5.74) is 3.87. The molecular formula is C24H28FN3O. The Labute approximate surface area is 171 Å². The van der Waals surface area contributed by atoms with Crippen molar-refractivity contribution in [2.45, 2.75) is 52.5 Å². The van der Waals surface area contributed by atoms with Crippen LogP contribution in [-0.4, -0.2) is 21.7 Å². The summed E-state index contributed by atoms with van der Waals surface area (Å²) in [6.45, 7) is 10.1. The highest BCUT2D eigenvalue weighted by Gasteiger charge is 2.26. The van der Waals surface area contributed by atoms with Crippen molar-refractivity contribution in [2.75, 3.05) is 0 Å². The fourth-order valence-corrected chi connectivity index (χ4v) is 3.92. The maximum absolute atomic E-state index is 13.2. The number of benzene rings is 2. The van der Waals surface area contributed by atoms with Crippen LogP contribution in [0.5, 0.6) is 0 Å². The predicted molar refractivity (Wildman–Crippen MR) is 114 cm³/mol. The van der Waals surface area contributed by atoms with E-state index in [1.807, 2.05) is 39.0 Å². The first-order valence-electron chi connectivity index (χ1n) is 9.87. The maximum Gasteiger partial charge on any atom is 0.255 e. The third kappa shape index (κ3) is 4.56. The summed E-state index contributed by atoms with van der Waals surface area (Å²) in [6, 6.07) is 16.4. The molecule has 3 rings (SSSR count). The van der Waals surface area contributed by atoms with Crippen LogP contribution < -0.4 is 5.32 Å². The number of aryl methyl sites for hydroxylation is 1. The lowest BCUT2D eigenvalue weighted by Crippen LogP contribution is -2.37. The molecule has 0 fully saturated rings. The summed E-state index contributed by atoms with van der Waals surface area (Å²) in [5, 5.41) is 7.62. The fraction of sp³-hybridized carbons (Fsp3) is 0.333. The van der Waals surface area contributed by atoms with Crippen LogP contribution in [0, 0.1) is 19.7 Å². The number of amides is 1. The quantitative estimate of drug-likeness (QED) is 0.632. The third-order valence-electron chi connectivity index (χ3n) is 5.34. The van der Waals surface area contributed by atoms with Crippen molar-refractivity contribution in [1.82, 2.24) is 15.1 Å². The van der Waals surface area contributed by atoms with Gasteiger partial charge in [-0.05, 0) is 62.4 Å². The molecule has 1 heterocycles. The van der Waals surface area contributed by atoms with E-state index in [9.17, 15) is 9.18 Å². The summed E-state index contributed by atoms with van der Waals surface area (Å²) in [6.07, 6.45) is 0.812. The smallest absolute Gasteiger partial charge is 0.255 e. The lowest BCUT2D eigenvalue weighted by molar-refractivity contribution is 0.0933. The molecule has 152 valence electrons. The number of nitrogens with one attached hydrogen (secondary N) is 1. The lowest BCUT2D eigenvalue weighted by Gasteiger charge is -2.29. The molecule has 2 aromatic carbocycles. The third-order valence-corrected chi connectivity index (χ3v) is 5.34.